The van der Waals surface area contributed by atoms with Gasteiger partial charge in [-0.2, -0.15) is 0 Å². The van der Waals surface area contributed by atoms with Crippen molar-refractivity contribution in [1.29, 1.82) is 0 Å². The molecule has 6 heteroatoms. The molecular weight excluding hydrogens is 261 g/mol. The van der Waals surface area contributed by atoms with E-state index in [9.17, 15) is 14.0 Å². The van der Waals surface area contributed by atoms with Crippen molar-refractivity contribution in [2.45, 2.75) is 11.8 Å². The van der Waals surface area contributed by atoms with Crippen molar-refractivity contribution in [3.63, 3.8) is 0 Å². The third-order valence-electron chi connectivity index (χ3n) is 2.73. The van der Waals surface area contributed by atoms with Gasteiger partial charge in [0.05, 0.1) is 23.7 Å². The summed E-state index contributed by atoms with van der Waals surface area (Å²) < 4.78 is 17.7. The van der Waals surface area contributed by atoms with Gasteiger partial charge in [0.2, 0.25) is 5.91 Å². The van der Waals surface area contributed by atoms with E-state index in [1.165, 1.54) is 24.1 Å². The van der Waals surface area contributed by atoms with Crippen LogP contribution in [0, 0.1) is 5.82 Å². The van der Waals surface area contributed by atoms with Crippen LogP contribution in [0.15, 0.2) is 18.2 Å². The minimum atomic E-state index is -0.685. The summed E-state index contributed by atoms with van der Waals surface area (Å²) in [5.74, 6) is -1.43. The first kappa shape index (κ1) is 12.8. The van der Waals surface area contributed by atoms with Gasteiger partial charge in [-0.25, -0.2) is 9.18 Å². The summed E-state index contributed by atoms with van der Waals surface area (Å²) in [6.07, 6.45) is 0.208. The molecule has 1 atom stereocenters. The molecule has 0 aromatic heterocycles. The first-order valence-corrected chi connectivity index (χ1v) is 5.79. The van der Waals surface area contributed by atoms with E-state index in [-0.39, 0.29) is 23.3 Å². The smallest absolute Gasteiger partial charge is 0.340 e. The summed E-state index contributed by atoms with van der Waals surface area (Å²) in [6, 6.07) is 3.63. The standard InChI is InChI=1S/C12H11ClFNO3/c1-18-12(17)9-5-8(14)2-3-10(9)15-6-7(13)4-11(15)16/h2-3,5,7H,4,6H2,1H3. The number of methoxy groups -OCH3 is 1. The number of halogens is 2. The Balaban J connectivity index is 2.44. The number of nitrogens with zero attached hydrogens (tertiary/aromatic N) is 1. The molecule has 1 fully saturated rings. The SMILES string of the molecule is COC(=O)c1cc(F)ccc1N1CC(Cl)CC1=O. The molecule has 4 nitrogen and oxygen atoms in total. The molecule has 2 rings (SSSR count). The molecule has 1 amide bonds. The molecule has 0 saturated carbocycles. The Morgan fingerprint density at radius 3 is 2.83 bits per heavy atom. The molecule has 0 bridgehead atoms. The van der Waals surface area contributed by atoms with Gasteiger partial charge in [0.1, 0.15) is 5.82 Å². The summed E-state index contributed by atoms with van der Waals surface area (Å²) in [4.78, 5) is 24.7. The quantitative estimate of drug-likeness (QED) is 0.610. The van der Waals surface area contributed by atoms with Crippen LogP contribution in [0.3, 0.4) is 0 Å². The zero-order chi connectivity index (χ0) is 13.3. The van der Waals surface area contributed by atoms with Crippen LogP contribution >= 0.6 is 11.6 Å². The fourth-order valence-corrected chi connectivity index (χ4v) is 2.18. The normalized spacial score (nSPS) is 19.2. The average molecular weight is 272 g/mol. The maximum absolute atomic E-state index is 13.2. The second-order valence-electron chi connectivity index (χ2n) is 3.96. The van der Waals surface area contributed by atoms with Gasteiger partial charge in [0, 0.05) is 13.0 Å². The lowest BCUT2D eigenvalue weighted by Crippen LogP contribution is -2.27. The summed E-state index contributed by atoms with van der Waals surface area (Å²) in [5.41, 5.74) is 0.355. The van der Waals surface area contributed by atoms with Gasteiger partial charge in [0.15, 0.2) is 0 Å². The zero-order valence-electron chi connectivity index (χ0n) is 9.65. The maximum Gasteiger partial charge on any atom is 0.340 e. The van der Waals surface area contributed by atoms with Crippen molar-refractivity contribution >= 4 is 29.2 Å². The number of carbonyl (C=O) groups is 2. The number of anilines is 1. The lowest BCUT2D eigenvalue weighted by Gasteiger charge is -2.18. The van der Waals surface area contributed by atoms with E-state index >= 15 is 0 Å². The number of hydrogen-bond donors (Lipinski definition) is 0. The van der Waals surface area contributed by atoms with E-state index in [0.717, 1.165) is 6.07 Å². The van der Waals surface area contributed by atoms with E-state index in [1.807, 2.05) is 0 Å². The van der Waals surface area contributed by atoms with Crippen LogP contribution in [-0.4, -0.2) is 30.9 Å². The molecule has 1 aliphatic heterocycles. The van der Waals surface area contributed by atoms with Crippen molar-refractivity contribution in [2.75, 3.05) is 18.6 Å². The van der Waals surface area contributed by atoms with Crippen LogP contribution in [0.25, 0.3) is 0 Å². The van der Waals surface area contributed by atoms with E-state index in [2.05, 4.69) is 4.74 Å². The van der Waals surface area contributed by atoms with Crippen molar-refractivity contribution in [3.8, 4) is 0 Å². The first-order valence-electron chi connectivity index (χ1n) is 5.35. The summed E-state index contributed by atoms with van der Waals surface area (Å²) in [6.45, 7) is 0.302. The van der Waals surface area contributed by atoms with Crippen molar-refractivity contribution in [3.05, 3.63) is 29.6 Å². The molecule has 1 aromatic carbocycles. The van der Waals surface area contributed by atoms with E-state index in [0.29, 0.717) is 12.2 Å². The largest absolute Gasteiger partial charge is 0.465 e. The lowest BCUT2D eigenvalue weighted by molar-refractivity contribution is -0.117. The highest BCUT2D eigenvalue weighted by Gasteiger charge is 2.31. The van der Waals surface area contributed by atoms with E-state index in [1.54, 1.807) is 0 Å². The Kier molecular flexibility index (Phi) is 3.52. The van der Waals surface area contributed by atoms with Crippen LogP contribution in [0.5, 0.6) is 0 Å². The minimum Gasteiger partial charge on any atom is -0.465 e. The summed E-state index contributed by atoms with van der Waals surface area (Å²) in [7, 11) is 1.20. The third-order valence-corrected chi connectivity index (χ3v) is 3.02. The van der Waals surface area contributed by atoms with Gasteiger partial charge in [-0.3, -0.25) is 4.79 Å². The molecule has 18 heavy (non-hydrogen) atoms. The van der Waals surface area contributed by atoms with Crippen molar-refractivity contribution < 1.29 is 18.7 Å². The molecular formula is C12H11ClFNO3. The predicted molar refractivity (Wildman–Crippen MR) is 64.4 cm³/mol. The number of ether oxygens (including phenoxy) is 1. The molecule has 0 N–H and O–H groups in total. The Labute approximate surface area is 108 Å². The molecule has 1 saturated heterocycles. The molecule has 1 heterocycles. The monoisotopic (exact) mass is 271 g/mol. The van der Waals surface area contributed by atoms with Crippen molar-refractivity contribution in [1.82, 2.24) is 0 Å². The Morgan fingerprint density at radius 1 is 1.56 bits per heavy atom. The summed E-state index contributed by atoms with van der Waals surface area (Å²) >= 11 is 5.90. The second kappa shape index (κ2) is 4.94. The average Bonchev–Trinajstić information content (AvgIpc) is 2.67. The molecule has 1 aliphatic rings. The number of rotatable bonds is 2. The molecule has 0 aliphatic carbocycles. The number of amides is 1. The number of esters is 1. The zero-order valence-corrected chi connectivity index (χ0v) is 10.4. The van der Waals surface area contributed by atoms with Gasteiger partial charge in [-0.05, 0) is 18.2 Å². The summed E-state index contributed by atoms with van der Waals surface area (Å²) in [5, 5.41) is -0.298. The van der Waals surface area contributed by atoms with Gasteiger partial charge < -0.3 is 9.64 Å². The number of hydrogen-bond acceptors (Lipinski definition) is 3. The molecule has 1 aromatic rings. The molecule has 96 valence electrons. The van der Waals surface area contributed by atoms with Crippen LogP contribution in [0.4, 0.5) is 10.1 Å². The topological polar surface area (TPSA) is 46.6 Å². The van der Waals surface area contributed by atoms with Crippen LogP contribution in [-0.2, 0) is 9.53 Å². The minimum absolute atomic E-state index is 0.0246. The number of carbonyl (C=O) groups excluding carboxylic acids is 2. The lowest BCUT2D eigenvalue weighted by atomic mass is 10.1. The Bertz CT molecular complexity index is 506. The first-order chi connectivity index (χ1) is 8.52. The van der Waals surface area contributed by atoms with Gasteiger partial charge in [-0.1, -0.05) is 0 Å². The molecule has 1 unspecified atom stereocenters. The fraction of sp³-hybridized carbons (Fsp3) is 0.333. The maximum atomic E-state index is 13.2. The predicted octanol–water partition coefficient (Wildman–Crippen LogP) is 1.96. The highest BCUT2D eigenvalue weighted by atomic mass is 35.5. The van der Waals surface area contributed by atoms with Crippen LogP contribution in [0.1, 0.15) is 16.8 Å². The highest BCUT2D eigenvalue weighted by molar-refractivity contribution is 6.24. The molecule has 0 radical (unpaired) electrons. The third kappa shape index (κ3) is 2.31. The Morgan fingerprint density at radius 2 is 2.28 bits per heavy atom. The fourth-order valence-electron chi connectivity index (χ4n) is 1.91. The molecule has 0 spiro atoms. The van der Waals surface area contributed by atoms with Crippen LogP contribution < -0.4 is 4.90 Å². The number of alkyl halides is 1. The highest BCUT2D eigenvalue weighted by Crippen LogP contribution is 2.28. The van der Waals surface area contributed by atoms with Crippen molar-refractivity contribution in [2.24, 2.45) is 0 Å². The van der Waals surface area contributed by atoms with E-state index in [4.69, 9.17) is 11.6 Å². The second-order valence-corrected chi connectivity index (χ2v) is 4.58. The van der Waals surface area contributed by atoms with Gasteiger partial charge >= 0.3 is 5.97 Å². The number of benzene rings is 1. The van der Waals surface area contributed by atoms with E-state index < -0.39 is 11.8 Å². The van der Waals surface area contributed by atoms with Gasteiger partial charge in [0.25, 0.3) is 0 Å². The van der Waals surface area contributed by atoms with Crippen LogP contribution in [0.2, 0.25) is 0 Å². The van der Waals surface area contributed by atoms with Gasteiger partial charge in [-0.15, -0.1) is 11.6 Å². The Hall–Kier alpha value is -1.62.